The van der Waals surface area contributed by atoms with Crippen LogP contribution in [-0.2, 0) is 0 Å². The number of methoxy groups -OCH3 is 2. The monoisotopic (exact) mass is 419 g/mol. The molecular formula is C12H11Br2N3O4. The van der Waals surface area contributed by atoms with Crippen LogP contribution < -0.4 is 9.47 Å². The molecule has 0 bridgehead atoms. The Labute approximate surface area is 137 Å². The largest absolute Gasteiger partial charge is 0.494 e. The highest BCUT2D eigenvalue weighted by molar-refractivity contribution is 9.10. The van der Waals surface area contributed by atoms with E-state index in [0.29, 0.717) is 10.4 Å². The maximum Gasteiger partial charge on any atom is 0.364 e. The average Bonchev–Trinajstić information content (AvgIpc) is 2.48. The molecule has 0 saturated carbocycles. The summed E-state index contributed by atoms with van der Waals surface area (Å²) in [5, 5.41) is 10.2. The number of nitrogens with zero attached hydrogens (tertiary/aromatic N) is 3. The van der Waals surface area contributed by atoms with Gasteiger partial charge in [-0.15, -0.1) is 0 Å². The number of nitro groups is 1. The number of aromatic nitrogens is 2. The lowest BCUT2D eigenvalue weighted by molar-refractivity contribution is -0.389. The van der Waals surface area contributed by atoms with Crippen LogP contribution in [0, 0.1) is 10.1 Å². The molecule has 7 nitrogen and oxygen atoms in total. The van der Waals surface area contributed by atoms with Gasteiger partial charge in [-0.05, 0) is 44.0 Å². The van der Waals surface area contributed by atoms with Crippen LogP contribution in [0.4, 0.5) is 5.82 Å². The summed E-state index contributed by atoms with van der Waals surface area (Å²) in [6.07, 6.45) is 1.70. The molecule has 0 radical (unpaired) electrons. The Hall–Kier alpha value is -1.74. The summed E-state index contributed by atoms with van der Waals surface area (Å²) in [7, 11) is 3.08. The van der Waals surface area contributed by atoms with Gasteiger partial charge in [0.15, 0.2) is 11.5 Å². The van der Waals surface area contributed by atoms with Crippen LogP contribution in [0.5, 0.6) is 11.5 Å². The third-order valence-electron chi connectivity index (χ3n) is 2.15. The summed E-state index contributed by atoms with van der Waals surface area (Å²) in [5.74, 6) is 1.03. The van der Waals surface area contributed by atoms with E-state index in [9.17, 15) is 10.1 Å². The normalized spacial score (nSPS) is 9.33. The van der Waals surface area contributed by atoms with Crippen LogP contribution in [0.2, 0.25) is 0 Å². The number of ether oxygens (including phenoxy) is 2. The lowest BCUT2D eigenvalue weighted by Gasteiger charge is -1.98. The predicted octanol–water partition coefficient (Wildman–Crippen LogP) is 3.61. The van der Waals surface area contributed by atoms with Crippen molar-refractivity contribution in [2.24, 2.45) is 0 Å². The molecule has 0 unspecified atom stereocenters. The van der Waals surface area contributed by atoms with Gasteiger partial charge in [0.1, 0.15) is 4.60 Å². The quantitative estimate of drug-likeness (QED) is 0.428. The van der Waals surface area contributed by atoms with Gasteiger partial charge < -0.3 is 19.6 Å². The van der Waals surface area contributed by atoms with Gasteiger partial charge in [-0.25, -0.2) is 4.98 Å². The molecule has 0 saturated heterocycles. The van der Waals surface area contributed by atoms with Crippen LogP contribution >= 0.6 is 31.9 Å². The molecule has 0 aliphatic carbocycles. The molecule has 2 rings (SSSR count). The zero-order valence-corrected chi connectivity index (χ0v) is 14.3. The number of halogens is 2. The van der Waals surface area contributed by atoms with Gasteiger partial charge in [0.2, 0.25) is 0 Å². The van der Waals surface area contributed by atoms with Crippen LogP contribution in [0.3, 0.4) is 0 Å². The fraction of sp³-hybridized carbons (Fsp3) is 0.167. The topological polar surface area (TPSA) is 87.4 Å². The van der Waals surface area contributed by atoms with Crippen molar-refractivity contribution < 1.29 is 14.4 Å². The van der Waals surface area contributed by atoms with Gasteiger partial charge in [-0.1, -0.05) is 0 Å². The van der Waals surface area contributed by atoms with Gasteiger partial charge in [-0.3, -0.25) is 0 Å². The van der Waals surface area contributed by atoms with Crippen molar-refractivity contribution in [3.8, 4) is 11.5 Å². The number of rotatable bonds is 3. The zero-order valence-electron chi connectivity index (χ0n) is 11.1. The molecule has 112 valence electrons. The Morgan fingerprint density at radius 2 is 1.71 bits per heavy atom. The molecule has 0 aliphatic rings. The molecule has 0 atom stereocenters. The fourth-order valence-electron chi connectivity index (χ4n) is 1.19. The fourth-order valence-corrected chi connectivity index (χ4v) is 2.08. The van der Waals surface area contributed by atoms with E-state index in [4.69, 9.17) is 9.47 Å². The molecule has 0 amide bonds. The summed E-state index contributed by atoms with van der Waals surface area (Å²) in [6, 6.07) is 6.43. The summed E-state index contributed by atoms with van der Waals surface area (Å²) >= 11 is 6.26. The van der Waals surface area contributed by atoms with Gasteiger partial charge in [0.05, 0.1) is 14.2 Å². The van der Waals surface area contributed by atoms with E-state index in [-0.39, 0.29) is 5.82 Å². The minimum atomic E-state index is -0.565. The molecule has 0 spiro atoms. The Morgan fingerprint density at radius 3 is 2.14 bits per heavy atom. The molecule has 2 aromatic heterocycles. The van der Waals surface area contributed by atoms with E-state index in [1.54, 1.807) is 13.3 Å². The summed E-state index contributed by atoms with van der Waals surface area (Å²) in [6.45, 7) is 0. The first-order valence-electron chi connectivity index (χ1n) is 5.49. The Balaban J connectivity index is 0.000000219. The second-order valence-electron chi connectivity index (χ2n) is 3.42. The van der Waals surface area contributed by atoms with Gasteiger partial charge in [0.25, 0.3) is 4.60 Å². The summed E-state index contributed by atoms with van der Waals surface area (Å²) < 4.78 is 10.9. The van der Waals surface area contributed by atoms with E-state index in [1.165, 1.54) is 19.2 Å². The van der Waals surface area contributed by atoms with E-state index >= 15 is 0 Å². The Kier molecular flexibility index (Phi) is 7.03. The van der Waals surface area contributed by atoms with Crippen molar-refractivity contribution in [3.05, 3.63) is 49.8 Å². The van der Waals surface area contributed by atoms with E-state index < -0.39 is 4.92 Å². The standard InChI is InChI=1S/C6H5BrN2O3.C6H6BrNO/c1-12-4-2-3-5(9(10)11)8-6(4)7;1-9-5-3-2-4-8-6(5)7/h2-3H,1H3;2-4H,1H3. The average molecular weight is 421 g/mol. The third-order valence-corrected chi connectivity index (χ3v) is 3.32. The highest BCUT2D eigenvalue weighted by Gasteiger charge is 2.12. The van der Waals surface area contributed by atoms with E-state index in [0.717, 1.165) is 10.4 Å². The van der Waals surface area contributed by atoms with Crippen LogP contribution in [0.1, 0.15) is 0 Å². The van der Waals surface area contributed by atoms with E-state index in [2.05, 4.69) is 41.8 Å². The number of hydrogen-bond acceptors (Lipinski definition) is 6. The highest BCUT2D eigenvalue weighted by Crippen LogP contribution is 2.24. The molecule has 9 heteroatoms. The number of hydrogen-bond donors (Lipinski definition) is 0. The first kappa shape index (κ1) is 17.3. The third kappa shape index (κ3) is 5.27. The molecule has 2 aromatic rings. The number of pyridine rings is 2. The minimum Gasteiger partial charge on any atom is -0.494 e. The van der Waals surface area contributed by atoms with Crippen LogP contribution in [0.15, 0.2) is 39.7 Å². The van der Waals surface area contributed by atoms with Crippen molar-refractivity contribution in [1.29, 1.82) is 0 Å². The molecule has 0 aromatic carbocycles. The molecule has 2 heterocycles. The predicted molar refractivity (Wildman–Crippen MR) is 83.6 cm³/mol. The summed E-state index contributed by atoms with van der Waals surface area (Å²) in [4.78, 5) is 17.2. The Bertz CT molecular complexity index is 625. The molecule has 0 aliphatic heterocycles. The SMILES string of the molecule is COc1ccc([N+](=O)[O-])nc1Br.COc1cccnc1Br. The highest BCUT2D eigenvalue weighted by atomic mass is 79.9. The second kappa shape index (κ2) is 8.53. The smallest absolute Gasteiger partial charge is 0.364 e. The van der Waals surface area contributed by atoms with E-state index in [1.807, 2.05) is 12.1 Å². The maximum absolute atomic E-state index is 10.2. The van der Waals surface area contributed by atoms with Gasteiger partial charge >= 0.3 is 5.82 Å². The summed E-state index contributed by atoms with van der Waals surface area (Å²) in [5.41, 5.74) is 0. The lowest BCUT2D eigenvalue weighted by atomic mass is 10.4. The first-order valence-corrected chi connectivity index (χ1v) is 7.07. The molecule has 0 fully saturated rings. The van der Waals surface area contributed by atoms with Crippen molar-refractivity contribution in [3.63, 3.8) is 0 Å². The molecule has 0 N–H and O–H groups in total. The maximum atomic E-state index is 10.2. The molecule has 21 heavy (non-hydrogen) atoms. The van der Waals surface area contributed by atoms with Gasteiger partial charge in [0, 0.05) is 28.2 Å². The van der Waals surface area contributed by atoms with Crippen LogP contribution in [0.25, 0.3) is 0 Å². The van der Waals surface area contributed by atoms with Crippen molar-refractivity contribution >= 4 is 37.7 Å². The zero-order chi connectivity index (χ0) is 15.8. The minimum absolute atomic E-state index is 0.206. The van der Waals surface area contributed by atoms with Crippen molar-refractivity contribution in [2.45, 2.75) is 0 Å². The van der Waals surface area contributed by atoms with Gasteiger partial charge in [-0.2, -0.15) is 0 Å². The first-order chi connectivity index (χ1) is 9.99. The molecular weight excluding hydrogens is 410 g/mol. The van der Waals surface area contributed by atoms with Crippen LogP contribution in [-0.4, -0.2) is 29.1 Å². The second-order valence-corrected chi connectivity index (χ2v) is 4.92. The van der Waals surface area contributed by atoms with Crippen molar-refractivity contribution in [2.75, 3.05) is 14.2 Å². The lowest BCUT2D eigenvalue weighted by Crippen LogP contribution is -1.93. The Morgan fingerprint density at radius 1 is 1.10 bits per heavy atom. The van der Waals surface area contributed by atoms with Crippen molar-refractivity contribution in [1.82, 2.24) is 9.97 Å².